The average molecular weight is 293 g/mol. The van der Waals surface area contributed by atoms with Crippen LogP contribution in [0.4, 0.5) is 0 Å². The number of nitrogens with one attached hydrogen (secondary N) is 1. The highest BCUT2D eigenvalue weighted by Crippen LogP contribution is 2.36. The normalized spacial score (nSPS) is 14.8. The highest BCUT2D eigenvalue weighted by Gasteiger charge is 2.27. The Morgan fingerprint density at radius 2 is 2.25 bits per heavy atom. The standard InChI is InChI=1S/C13H19N5OS/c1-2-7-14-8-11-5-6-12(19-11)9-20-13-15-16-17-18(13)10-3-4-10/h5-6,10,14H,2-4,7-9H2,1H3. The molecule has 7 heteroatoms. The van der Waals surface area contributed by atoms with E-state index in [1.807, 2.05) is 16.8 Å². The molecule has 20 heavy (non-hydrogen) atoms. The highest BCUT2D eigenvalue weighted by atomic mass is 32.2. The van der Waals surface area contributed by atoms with Gasteiger partial charge >= 0.3 is 0 Å². The first kappa shape index (κ1) is 13.6. The van der Waals surface area contributed by atoms with E-state index in [1.165, 1.54) is 12.8 Å². The van der Waals surface area contributed by atoms with Gasteiger partial charge in [0.1, 0.15) is 11.5 Å². The molecule has 0 bridgehead atoms. The van der Waals surface area contributed by atoms with Gasteiger partial charge in [-0.05, 0) is 48.4 Å². The van der Waals surface area contributed by atoms with Gasteiger partial charge in [0.25, 0.3) is 0 Å². The van der Waals surface area contributed by atoms with Crippen LogP contribution in [0, 0.1) is 0 Å². The zero-order valence-electron chi connectivity index (χ0n) is 11.6. The number of furan rings is 1. The monoisotopic (exact) mass is 293 g/mol. The second-order valence-corrected chi connectivity index (χ2v) is 5.91. The zero-order chi connectivity index (χ0) is 13.8. The molecule has 0 aliphatic heterocycles. The predicted molar refractivity (Wildman–Crippen MR) is 76.4 cm³/mol. The Hall–Kier alpha value is -1.34. The van der Waals surface area contributed by atoms with Gasteiger partial charge in [0.05, 0.1) is 18.3 Å². The summed E-state index contributed by atoms with van der Waals surface area (Å²) in [6.07, 6.45) is 3.51. The summed E-state index contributed by atoms with van der Waals surface area (Å²) in [5.74, 6) is 2.71. The van der Waals surface area contributed by atoms with Gasteiger partial charge in [-0.1, -0.05) is 18.7 Å². The number of hydrogen-bond acceptors (Lipinski definition) is 6. The van der Waals surface area contributed by atoms with Crippen LogP contribution < -0.4 is 5.32 Å². The fourth-order valence-corrected chi connectivity index (χ4v) is 2.79. The van der Waals surface area contributed by atoms with E-state index in [0.717, 1.165) is 41.9 Å². The third-order valence-corrected chi connectivity index (χ3v) is 4.10. The minimum atomic E-state index is 0.512. The summed E-state index contributed by atoms with van der Waals surface area (Å²) >= 11 is 1.63. The van der Waals surface area contributed by atoms with Crippen molar-refractivity contribution in [1.29, 1.82) is 0 Å². The lowest BCUT2D eigenvalue weighted by Crippen LogP contribution is -2.12. The molecule has 1 fully saturated rings. The quantitative estimate of drug-likeness (QED) is 0.595. The van der Waals surface area contributed by atoms with Crippen molar-refractivity contribution in [1.82, 2.24) is 25.5 Å². The molecular weight excluding hydrogens is 274 g/mol. The number of aromatic nitrogens is 4. The van der Waals surface area contributed by atoms with Crippen LogP contribution in [0.2, 0.25) is 0 Å². The Labute approximate surface area is 122 Å². The molecule has 0 unspecified atom stereocenters. The molecule has 0 saturated heterocycles. The Bertz CT molecular complexity index is 548. The minimum Gasteiger partial charge on any atom is -0.464 e. The summed E-state index contributed by atoms with van der Waals surface area (Å²) < 4.78 is 7.71. The summed E-state index contributed by atoms with van der Waals surface area (Å²) in [6, 6.07) is 4.57. The van der Waals surface area contributed by atoms with Gasteiger partial charge in [0, 0.05) is 0 Å². The van der Waals surface area contributed by atoms with Crippen LogP contribution in [0.25, 0.3) is 0 Å². The maximum absolute atomic E-state index is 5.78. The van der Waals surface area contributed by atoms with Crippen LogP contribution in [0.5, 0.6) is 0 Å². The maximum atomic E-state index is 5.78. The molecule has 1 N–H and O–H groups in total. The molecule has 1 aliphatic carbocycles. The molecule has 0 aromatic carbocycles. The molecule has 0 amide bonds. The van der Waals surface area contributed by atoms with E-state index < -0.39 is 0 Å². The molecule has 1 aliphatic rings. The Kier molecular flexibility index (Phi) is 4.37. The molecule has 1 saturated carbocycles. The predicted octanol–water partition coefficient (Wildman–Crippen LogP) is 2.39. The molecule has 2 heterocycles. The number of nitrogens with zero attached hydrogens (tertiary/aromatic N) is 4. The Balaban J connectivity index is 1.51. The van der Waals surface area contributed by atoms with E-state index in [4.69, 9.17) is 4.42 Å². The lowest BCUT2D eigenvalue weighted by molar-refractivity contribution is 0.459. The molecule has 3 rings (SSSR count). The van der Waals surface area contributed by atoms with Crippen molar-refractivity contribution in [2.75, 3.05) is 6.54 Å². The third kappa shape index (κ3) is 3.40. The van der Waals surface area contributed by atoms with Crippen molar-refractivity contribution in [3.63, 3.8) is 0 Å². The van der Waals surface area contributed by atoms with E-state index in [-0.39, 0.29) is 0 Å². The molecule has 0 radical (unpaired) electrons. The van der Waals surface area contributed by atoms with Crippen LogP contribution in [0.15, 0.2) is 21.7 Å². The lowest BCUT2D eigenvalue weighted by Gasteiger charge is -2.01. The minimum absolute atomic E-state index is 0.512. The average Bonchev–Trinajstić information content (AvgIpc) is 3.02. The summed E-state index contributed by atoms with van der Waals surface area (Å²) in [6.45, 7) is 3.96. The first-order valence-corrected chi connectivity index (χ1v) is 8.04. The van der Waals surface area contributed by atoms with E-state index in [9.17, 15) is 0 Å². The molecule has 2 aromatic rings. The number of hydrogen-bond donors (Lipinski definition) is 1. The van der Waals surface area contributed by atoms with Gasteiger partial charge in [-0.2, -0.15) is 0 Å². The van der Waals surface area contributed by atoms with Crippen molar-refractivity contribution in [3.8, 4) is 0 Å². The lowest BCUT2D eigenvalue weighted by atomic mass is 10.4. The van der Waals surface area contributed by atoms with Crippen molar-refractivity contribution in [3.05, 3.63) is 23.7 Å². The molecule has 108 valence electrons. The van der Waals surface area contributed by atoms with Crippen molar-refractivity contribution in [2.24, 2.45) is 0 Å². The first-order valence-electron chi connectivity index (χ1n) is 7.05. The van der Waals surface area contributed by atoms with Crippen LogP contribution in [0.1, 0.15) is 43.7 Å². The van der Waals surface area contributed by atoms with Crippen molar-refractivity contribution >= 4 is 11.8 Å². The summed E-state index contributed by atoms with van der Waals surface area (Å²) in [7, 11) is 0. The second kappa shape index (κ2) is 6.41. The smallest absolute Gasteiger partial charge is 0.210 e. The maximum Gasteiger partial charge on any atom is 0.210 e. The Morgan fingerprint density at radius 1 is 1.40 bits per heavy atom. The molecular formula is C13H19N5OS. The van der Waals surface area contributed by atoms with Gasteiger partial charge in [0.15, 0.2) is 0 Å². The van der Waals surface area contributed by atoms with E-state index in [0.29, 0.717) is 6.04 Å². The topological polar surface area (TPSA) is 68.8 Å². The molecule has 2 aromatic heterocycles. The second-order valence-electron chi connectivity index (χ2n) is 4.97. The van der Waals surface area contributed by atoms with E-state index in [2.05, 4.69) is 27.8 Å². The van der Waals surface area contributed by atoms with Gasteiger partial charge in [-0.3, -0.25) is 0 Å². The van der Waals surface area contributed by atoms with Crippen molar-refractivity contribution in [2.45, 2.75) is 49.7 Å². The van der Waals surface area contributed by atoms with Crippen LogP contribution in [0.3, 0.4) is 0 Å². The number of tetrazole rings is 1. The number of rotatable bonds is 8. The van der Waals surface area contributed by atoms with Gasteiger partial charge in [-0.25, -0.2) is 4.68 Å². The van der Waals surface area contributed by atoms with Crippen LogP contribution >= 0.6 is 11.8 Å². The van der Waals surface area contributed by atoms with E-state index >= 15 is 0 Å². The third-order valence-electron chi connectivity index (χ3n) is 3.14. The Morgan fingerprint density at radius 3 is 3.05 bits per heavy atom. The number of thioether (sulfide) groups is 1. The largest absolute Gasteiger partial charge is 0.464 e. The van der Waals surface area contributed by atoms with Crippen molar-refractivity contribution < 1.29 is 4.42 Å². The summed E-state index contributed by atoms with van der Waals surface area (Å²) in [5, 5.41) is 16.1. The SMILES string of the molecule is CCCNCc1ccc(CSc2nnnn2C2CC2)o1. The summed E-state index contributed by atoms with van der Waals surface area (Å²) in [4.78, 5) is 0. The highest BCUT2D eigenvalue weighted by molar-refractivity contribution is 7.98. The van der Waals surface area contributed by atoms with Gasteiger partial charge in [-0.15, -0.1) is 5.10 Å². The molecule has 0 atom stereocenters. The van der Waals surface area contributed by atoms with Gasteiger partial charge in [0.2, 0.25) is 5.16 Å². The first-order chi connectivity index (χ1) is 9.86. The van der Waals surface area contributed by atoms with Gasteiger partial charge < -0.3 is 9.73 Å². The van der Waals surface area contributed by atoms with Crippen LogP contribution in [-0.4, -0.2) is 26.8 Å². The zero-order valence-corrected chi connectivity index (χ0v) is 12.4. The molecule has 6 nitrogen and oxygen atoms in total. The summed E-state index contributed by atoms with van der Waals surface area (Å²) in [5.41, 5.74) is 0. The van der Waals surface area contributed by atoms with E-state index in [1.54, 1.807) is 11.8 Å². The fraction of sp³-hybridized carbons (Fsp3) is 0.615. The van der Waals surface area contributed by atoms with Crippen LogP contribution in [-0.2, 0) is 12.3 Å². The fourth-order valence-electron chi connectivity index (χ4n) is 1.95. The molecule has 0 spiro atoms.